The van der Waals surface area contributed by atoms with Crippen LogP contribution in [0.5, 0.6) is 5.75 Å². The Bertz CT molecular complexity index is 1210. The van der Waals surface area contributed by atoms with E-state index in [9.17, 15) is 4.79 Å². The zero-order chi connectivity index (χ0) is 19.8. The summed E-state index contributed by atoms with van der Waals surface area (Å²) in [5.41, 5.74) is 1.90. The van der Waals surface area contributed by atoms with Crippen LogP contribution in [0.4, 0.5) is 0 Å². The maximum Gasteiger partial charge on any atom is 0.168 e. The van der Waals surface area contributed by atoms with Crippen LogP contribution in [-0.2, 0) is 4.74 Å². The molecule has 0 aliphatic carbocycles. The van der Waals surface area contributed by atoms with Crippen LogP contribution in [0.3, 0.4) is 0 Å². The van der Waals surface area contributed by atoms with Gasteiger partial charge in [-0.15, -0.1) is 0 Å². The summed E-state index contributed by atoms with van der Waals surface area (Å²) in [5, 5.41) is 2.21. The number of fused-ring (bicyclic) bond motifs is 2. The fraction of sp³-hybridized carbons (Fsp3) is 0.238. The van der Waals surface area contributed by atoms with Gasteiger partial charge in [-0.05, 0) is 37.1 Å². The molecule has 1 aliphatic rings. The zero-order valence-corrected chi connectivity index (χ0v) is 16.1. The number of carbonyl (C=O) groups is 1. The van der Waals surface area contributed by atoms with E-state index in [1.165, 1.54) is 6.33 Å². The van der Waals surface area contributed by atoms with Gasteiger partial charge >= 0.3 is 0 Å². The molecule has 146 valence electrons. The lowest BCUT2D eigenvalue weighted by atomic mass is 10.2. The van der Waals surface area contributed by atoms with Gasteiger partial charge in [0.15, 0.2) is 6.29 Å². The molecule has 0 spiro atoms. The molecule has 2 atom stereocenters. The van der Waals surface area contributed by atoms with E-state index in [0.29, 0.717) is 23.2 Å². The molecule has 4 aromatic rings. The molecule has 7 nitrogen and oxygen atoms in total. The molecule has 1 fully saturated rings. The minimum atomic E-state index is -0.111. The van der Waals surface area contributed by atoms with Gasteiger partial charge in [-0.2, -0.15) is 0 Å². The standard InChI is InChI=1S/C21H17ClN4O3/c22-20-17-7-8-26(21(17)24-12-23-20)19-6-5-16(29-19)11-28-15-4-2-13-1-3-14(10-27)25-18(13)9-15/h1-4,7-10,12,16,19H,5-6,11H2. The average molecular weight is 409 g/mol. The lowest BCUT2D eigenvalue weighted by Gasteiger charge is -2.16. The normalized spacial score (nSPS) is 19.1. The molecule has 4 heterocycles. The Morgan fingerprint density at radius 1 is 1.21 bits per heavy atom. The molecule has 5 rings (SSSR count). The minimum absolute atomic E-state index is 0.0280. The smallest absolute Gasteiger partial charge is 0.168 e. The van der Waals surface area contributed by atoms with E-state index in [-0.39, 0.29) is 12.3 Å². The van der Waals surface area contributed by atoms with Gasteiger partial charge in [0.25, 0.3) is 0 Å². The first-order chi connectivity index (χ1) is 14.2. The lowest BCUT2D eigenvalue weighted by molar-refractivity contribution is -0.0156. The first-order valence-corrected chi connectivity index (χ1v) is 9.70. The molecule has 0 amide bonds. The largest absolute Gasteiger partial charge is 0.491 e. The fourth-order valence-electron chi connectivity index (χ4n) is 3.64. The van der Waals surface area contributed by atoms with E-state index < -0.39 is 0 Å². The molecule has 1 aromatic carbocycles. The van der Waals surface area contributed by atoms with Gasteiger partial charge in [-0.25, -0.2) is 15.0 Å². The van der Waals surface area contributed by atoms with Crippen LogP contribution < -0.4 is 4.74 Å². The predicted octanol–water partition coefficient (Wildman–Crippen LogP) is 4.20. The summed E-state index contributed by atoms with van der Waals surface area (Å²) < 4.78 is 14.1. The number of aldehydes is 1. The van der Waals surface area contributed by atoms with Gasteiger partial charge in [0, 0.05) is 17.6 Å². The molecule has 2 unspecified atom stereocenters. The maximum absolute atomic E-state index is 10.9. The monoisotopic (exact) mass is 408 g/mol. The Kier molecular flexibility index (Phi) is 4.61. The van der Waals surface area contributed by atoms with Crippen molar-refractivity contribution in [2.24, 2.45) is 0 Å². The van der Waals surface area contributed by atoms with Crippen LogP contribution >= 0.6 is 11.6 Å². The number of carbonyl (C=O) groups excluding carboxylic acids is 1. The molecule has 3 aromatic heterocycles. The highest BCUT2D eigenvalue weighted by Gasteiger charge is 2.28. The highest BCUT2D eigenvalue weighted by molar-refractivity contribution is 6.33. The third-order valence-electron chi connectivity index (χ3n) is 5.10. The van der Waals surface area contributed by atoms with Crippen LogP contribution in [0.1, 0.15) is 29.6 Å². The fourth-order valence-corrected chi connectivity index (χ4v) is 3.83. The Morgan fingerprint density at radius 2 is 2.10 bits per heavy atom. The average Bonchev–Trinajstić information content (AvgIpc) is 3.39. The third-order valence-corrected chi connectivity index (χ3v) is 5.40. The van der Waals surface area contributed by atoms with E-state index in [2.05, 4.69) is 15.0 Å². The first kappa shape index (κ1) is 18.0. The SMILES string of the molecule is O=Cc1ccc2ccc(OCC3CCC(n4ccc5c(Cl)ncnc54)O3)cc2n1. The number of nitrogens with zero attached hydrogens (tertiary/aromatic N) is 4. The van der Waals surface area contributed by atoms with Crippen molar-refractivity contribution in [2.45, 2.75) is 25.2 Å². The van der Waals surface area contributed by atoms with Crippen molar-refractivity contribution in [3.8, 4) is 5.75 Å². The zero-order valence-electron chi connectivity index (χ0n) is 15.4. The van der Waals surface area contributed by atoms with E-state index >= 15 is 0 Å². The summed E-state index contributed by atoms with van der Waals surface area (Å²) in [4.78, 5) is 23.6. The number of benzene rings is 1. The lowest BCUT2D eigenvalue weighted by Crippen LogP contribution is -2.18. The van der Waals surface area contributed by atoms with E-state index in [1.54, 1.807) is 6.07 Å². The molecular formula is C21H17ClN4O3. The number of rotatable bonds is 5. The summed E-state index contributed by atoms with van der Waals surface area (Å²) in [6, 6.07) is 11.1. The minimum Gasteiger partial charge on any atom is -0.491 e. The van der Waals surface area contributed by atoms with Gasteiger partial charge in [0.1, 0.15) is 41.4 Å². The van der Waals surface area contributed by atoms with Crippen molar-refractivity contribution < 1.29 is 14.3 Å². The first-order valence-electron chi connectivity index (χ1n) is 9.32. The van der Waals surface area contributed by atoms with Crippen molar-refractivity contribution in [3.05, 3.63) is 59.8 Å². The molecule has 8 heteroatoms. The Labute approximate surface area is 171 Å². The topological polar surface area (TPSA) is 79.1 Å². The van der Waals surface area contributed by atoms with Gasteiger partial charge < -0.3 is 14.0 Å². The molecule has 0 N–H and O–H groups in total. The Morgan fingerprint density at radius 3 is 3.00 bits per heavy atom. The van der Waals surface area contributed by atoms with Gasteiger partial charge in [-0.3, -0.25) is 4.79 Å². The molecule has 0 bridgehead atoms. The maximum atomic E-state index is 10.9. The predicted molar refractivity (Wildman–Crippen MR) is 108 cm³/mol. The van der Waals surface area contributed by atoms with E-state index in [1.807, 2.05) is 41.1 Å². The van der Waals surface area contributed by atoms with Crippen LogP contribution in [0.25, 0.3) is 21.9 Å². The Balaban J connectivity index is 1.27. The summed E-state index contributed by atoms with van der Waals surface area (Å²) >= 11 is 6.13. The number of aromatic nitrogens is 4. The van der Waals surface area contributed by atoms with Gasteiger partial charge in [-0.1, -0.05) is 17.7 Å². The van der Waals surface area contributed by atoms with E-state index in [0.717, 1.165) is 41.1 Å². The summed E-state index contributed by atoms with van der Waals surface area (Å²) in [6.45, 7) is 0.435. The van der Waals surface area contributed by atoms with Crippen LogP contribution in [0.2, 0.25) is 5.15 Å². The molecule has 0 radical (unpaired) electrons. The highest BCUT2D eigenvalue weighted by Crippen LogP contribution is 2.32. The Hall–Kier alpha value is -3.03. The molecule has 1 aliphatic heterocycles. The highest BCUT2D eigenvalue weighted by atomic mass is 35.5. The van der Waals surface area contributed by atoms with Crippen molar-refractivity contribution in [1.82, 2.24) is 19.5 Å². The van der Waals surface area contributed by atoms with E-state index in [4.69, 9.17) is 21.1 Å². The second-order valence-corrected chi connectivity index (χ2v) is 7.29. The van der Waals surface area contributed by atoms with Gasteiger partial charge in [0.05, 0.1) is 17.0 Å². The summed E-state index contributed by atoms with van der Waals surface area (Å²) in [5.74, 6) is 0.700. The molecule has 29 heavy (non-hydrogen) atoms. The summed E-state index contributed by atoms with van der Waals surface area (Å²) in [6.07, 6.45) is 5.73. The van der Waals surface area contributed by atoms with Gasteiger partial charge in [0.2, 0.25) is 0 Å². The quantitative estimate of drug-likeness (QED) is 0.363. The number of halogens is 1. The number of ether oxygens (including phenoxy) is 2. The number of hydrogen-bond acceptors (Lipinski definition) is 6. The number of pyridine rings is 1. The molecule has 0 saturated carbocycles. The summed E-state index contributed by atoms with van der Waals surface area (Å²) in [7, 11) is 0. The number of hydrogen-bond donors (Lipinski definition) is 0. The van der Waals surface area contributed by atoms with Crippen molar-refractivity contribution in [1.29, 1.82) is 0 Å². The van der Waals surface area contributed by atoms with Crippen LogP contribution in [0, 0.1) is 0 Å². The van der Waals surface area contributed by atoms with Crippen LogP contribution in [0.15, 0.2) is 48.9 Å². The van der Waals surface area contributed by atoms with Crippen molar-refractivity contribution in [2.75, 3.05) is 6.61 Å². The molecule has 1 saturated heterocycles. The van der Waals surface area contributed by atoms with Crippen LogP contribution in [-0.4, -0.2) is 38.5 Å². The molecular weight excluding hydrogens is 392 g/mol. The van der Waals surface area contributed by atoms with Crippen molar-refractivity contribution >= 4 is 39.8 Å². The van der Waals surface area contributed by atoms with Crippen molar-refractivity contribution in [3.63, 3.8) is 0 Å². The third kappa shape index (κ3) is 3.43. The second-order valence-electron chi connectivity index (χ2n) is 6.93. The second kappa shape index (κ2) is 7.42.